The first-order chi connectivity index (χ1) is 9.15. The first-order valence-electron chi connectivity index (χ1n) is 6.69. The molecule has 0 bridgehead atoms. The Balaban J connectivity index is 2.42. The smallest absolute Gasteiger partial charge is 0.227 e. The third-order valence-electron chi connectivity index (χ3n) is 2.81. The summed E-state index contributed by atoms with van der Waals surface area (Å²) in [5.74, 6) is 0.865. The molecule has 0 saturated carbocycles. The van der Waals surface area contributed by atoms with E-state index >= 15 is 0 Å². The van der Waals surface area contributed by atoms with E-state index in [0.717, 1.165) is 38.1 Å². The quantitative estimate of drug-likeness (QED) is 0.354. The molecule has 0 saturated heterocycles. The number of hydrogen-bond donors (Lipinski definition) is 1. The van der Waals surface area contributed by atoms with Crippen LogP contribution in [0.4, 0.5) is 0 Å². The number of carbonyl (C=O) groups is 1. The van der Waals surface area contributed by atoms with Crippen molar-refractivity contribution in [3.63, 3.8) is 0 Å². The van der Waals surface area contributed by atoms with Gasteiger partial charge in [0.15, 0.2) is 0 Å². The van der Waals surface area contributed by atoms with Gasteiger partial charge in [0.25, 0.3) is 0 Å². The Labute approximate surface area is 115 Å². The number of hydrazine groups is 1. The predicted molar refractivity (Wildman–Crippen MR) is 79.1 cm³/mol. The number of hydrogen-bond acceptors (Lipinski definition) is 2. The van der Waals surface area contributed by atoms with Crippen molar-refractivity contribution in [2.45, 2.75) is 33.1 Å². The van der Waals surface area contributed by atoms with Crippen molar-refractivity contribution in [2.24, 2.45) is 4.99 Å². The van der Waals surface area contributed by atoms with E-state index in [1.54, 1.807) is 7.05 Å². The Hall–Kier alpha value is -1.84. The Morgan fingerprint density at radius 2 is 2.05 bits per heavy atom. The average Bonchev–Trinajstić information content (AvgIpc) is 2.41. The Morgan fingerprint density at radius 1 is 1.37 bits per heavy atom. The van der Waals surface area contributed by atoms with Gasteiger partial charge in [-0.25, -0.2) is 0 Å². The lowest BCUT2D eigenvalue weighted by molar-refractivity contribution is -0.118. The van der Waals surface area contributed by atoms with Crippen molar-refractivity contribution in [1.82, 2.24) is 10.4 Å². The van der Waals surface area contributed by atoms with Gasteiger partial charge >= 0.3 is 0 Å². The molecular weight excluding hydrogens is 238 g/mol. The number of carbonyl (C=O) groups excluding carboxylic acids is 1. The van der Waals surface area contributed by atoms with Crippen molar-refractivity contribution in [3.05, 3.63) is 35.4 Å². The second kappa shape index (κ2) is 8.29. The van der Waals surface area contributed by atoms with Gasteiger partial charge in [-0.15, -0.1) is 0 Å². The van der Waals surface area contributed by atoms with Gasteiger partial charge in [-0.2, -0.15) is 0 Å². The van der Waals surface area contributed by atoms with Crippen molar-refractivity contribution >= 4 is 12.2 Å². The summed E-state index contributed by atoms with van der Waals surface area (Å²) in [6, 6.07) is 8.59. The van der Waals surface area contributed by atoms with Gasteiger partial charge in [-0.05, 0) is 32.3 Å². The van der Waals surface area contributed by atoms with E-state index in [9.17, 15) is 4.79 Å². The molecule has 0 spiro atoms. The summed E-state index contributed by atoms with van der Waals surface area (Å²) in [6.07, 6.45) is 3.63. The molecule has 4 nitrogen and oxygen atoms in total. The fourth-order valence-corrected chi connectivity index (χ4v) is 1.81. The Morgan fingerprint density at radius 3 is 2.63 bits per heavy atom. The molecule has 1 aromatic carbocycles. The lowest BCUT2D eigenvalue weighted by Gasteiger charge is -2.16. The second-order valence-electron chi connectivity index (χ2n) is 4.59. The van der Waals surface area contributed by atoms with E-state index in [1.165, 1.54) is 16.1 Å². The molecule has 1 aromatic rings. The van der Waals surface area contributed by atoms with E-state index in [1.807, 2.05) is 6.92 Å². The van der Waals surface area contributed by atoms with Crippen LogP contribution in [0.25, 0.3) is 0 Å². The third-order valence-corrected chi connectivity index (χ3v) is 2.81. The fraction of sp³-hybridized carbons (Fsp3) is 0.467. The van der Waals surface area contributed by atoms with Crippen LogP contribution < -0.4 is 5.43 Å². The SMILES string of the molecule is CCN=C(CCCc1ccc(C)cc1)NN(C)C=O. The zero-order valence-electron chi connectivity index (χ0n) is 12.0. The Bertz CT molecular complexity index is 412. The highest BCUT2D eigenvalue weighted by Gasteiger charge is 2.02. The van der Waals surface area contributed by atoms with Crippen LogP contribution in [0.2, 0.25) is 0 Å². The van der Waals surface area contributed by atoms with Crippen LogP contribution in [0.1, 0.15) is 30.9 Å². The molecule has 0 radical (unpaired) electrons. The zero-order valence-corrected chi connectivity index (χ0v) is 12.0. The zero-order chi connectivity index (χ0) is 14.1. The number of rotatable bonds is 7. The number of benzene rings is 1. The van der Waals surface area contributed by atoms with E-state index in [2.05, 4.69) is 41.6 Å². The summed E-state index contributed by atoms with van der Waals surface area (Å²) in [5, 5.41) is 1.39. The summed E-state index contributed by atoms with van der Waals surface area (Å²) in [7, 11) is 1.68. The molecule has 0 aliphatic heterocycles. The van der Waals surface area contributed by atoms with Crippen LogP contribution in [-0.2, 0) is 11.2 Å². The molecule has 0 atom stereocenters. The van der Waals surface area contributed by atoms with Crippen molar-refractivity contribution in [2.75, 3.05) is 13.6 Å². The monoisotopic (exact) mass is 261 g/mol. The van der Waals surface area contributed by atoms with Crippen LogP contribution in [-0.4, -0.2) is 30.8 Å². The van der Waals surface area contributed by atoms with Gasteiger partial charge < -0.3 is 0 Å². The highest BCUT2D eigenvalue weighted by molar-refractivity contribution is 5.82. The van der Waals surface area contributed by atoms with Gasteiger partial charge in [-0.1, -0.05) is 29.8 Å². The van der Waals surface area contributed by atoms with Gasteiger partial charge in [0, 0.05) is 20.0 Å². The minimum atomic E-state index is 0.722. The molecule has 0 aromatic heterocycles. The number of nitrogens with one attached hydrogen (secondary N) is 1. The molecule has 1 N–H and O–H groups in total. The number of nitrogens with zero attached hydrogens (tertiary/aromatic N) is 2. The Kier molecular flexibility index (Phi) is 6.64. The molecule has 1 rings (SSSR count). The van der Waals surface area contributed by atoms with Gasteiger partial charge in [0.05, 0.1) is 0 Å². The maximum absolute atomic E-state index is 10.6. The molecule has 0 unspecified atom stereocenters. The molecule has 4 heteroatoms. The molecular formula is C15H23N3O. The molecule has 0 heterocycles. The number of aliphatic imine (C=N–C) groups is 1. The van der Waals surface area contributed by atoms with Crippen molar-refractivity contribution in [1.29, 1.82) is 0 Å². The molecule has 19 heavy (non-hydrogen) atoms. The third kappa shape index (κ3) is 6.04. The van der Waals surface area contributed by atoms with Crippen LogP contribution >= 0.6 is 0 Å². The van der Waals surface area contributed by atoms with Gasteiger partial charge in [0.1, 0.15) is 5.84 Å². The molecule has 0 fully saturated rings. The maximum Gasteiger partial charge on any atom is 0.227 e. The van der Waals surface area contributed by atoms with E-state index in [-0.39, 0.29) is 0 Å². The molecule has 1 amide bonds. The highest BCUT2D eigenvalue weighted by Crippen LogP contribution is 2.07. The lowest BCUT2D eigenvalue weighted by Crippen LogP contribution is -2.38. The average molecular weight is 261 g/mol. The summed E-state index contributed by atoms with van der Waals surface area (Å²) in [6.45, 7) is 4.80. The van der Waals surface area contributed by atoms with Crippen LogP contribution in [0, 0.1) is 6.92 Å². The maximum atomic E-state index is 10.6. The highest BCUT2D eigenvalue weighted by atomic mass is 16.1. The van der Waals surface area contributed by atoms with Crippen LogP contribution in [0.15, 0.2) is 29.3 Å². The second-order valence-corrected chi connectivity index (χ2v) is 4.59. The molecule has 0 aliphatic rings. The van der Waals surface area contributed by atoms with Crippen LogP contribution in [0.5, 0.6) is 0 Å². The van der Waals surface area contributed by atoms with E-state index in [4.69, 9.17) is 0 Å². The first kappa shape index (κ1) is 15.2. The summed E-state index contributed by atoms with van der Waals surface area (Å²) in [5.41, 5.74) is 5.60. The van der Waals surface area contributed by atoms with Gasteiger partial charge in [0.2, 0.25) is 6.41 Å². The number of amides is 1. The lowest BCUT2D eigenvalue weighted by atomic mass is 10.1. The molecule has 0 aliphatic carbocycles. The van der Waals surface area contributed by atoms with Crippen molar-refractivity contribution < 1.29 is 4.79 Å². The first-order valence-corrected chi connectivity index (χ1v) is 6.69. The fourth-order valence-electron chi connectivity index (χ4n) is 1.81. The number of aryl methyl sites for hydroxylation is 2. The van der Waals surface area contributed by atoms with E-state index < -0.39 is 0 Å². The standard InChI is InChI=1S/C15H23N3O/c1-4-16-15(17-18(3)12-19)7-5-6-14-10-8-13(2)9-11-14/h8-12H,4-7H2,1-3H3,(H,16,17). The molecule has 104 valence electrons. The van der Waals surface area contributed by atoms with Crippen molar-refractivity contribution in [3.8, 4) is 0 Å². The topological polar surface area (TPSA) is 44.7 Å². The van der Waals surface area contributed by atoms with Gasteiger partial charge in [-0.3, -0.25) is 20.2 Å². The summed E-state index contributed by atoms with van der Waals surface area (Å²) >= 11 is 0. The van der Waals surface area contributed by atoms with E-state index in [0.29, 0.717) is 0 Å². The normalized spacial score (nSPS) is 11.2. The largest absolute Gasteiger partial charge is 0.284 e. The minimum absolute atomic E-state index is 0.722. The predicted octanol–water partition coefficient (Wildman–Crippen LogP) is 2.33. The summed E-state index contributed by atoms with van der Waals surface area (Å²) in [4.78, 5) is 14.9. The summed E-state index contributed by atoms with van der Waals surface area (Å²) < 4.78 is 0. The van der Waals surface area contributed by atoms with Crippen LogP contribution in [0.3, 0.4) is 0 Å². The minimum Gasteiger partial charge on any atom is -0.284 e. The number of amidine groups is 1.